The molecule has 1 atom stereocenters. The normalized spacial score (nSPS) is 12.2. The van der Waals surface area contributed by atoms with Crippen LogP contribution in [0.25, 0.3) is 0 Å². The van der Waals surface area contributed by atoms with Crippen LogP contribution < -0.4 is 15.2 Å². The standard InChI is InChI=1S/C15H20N2O2S/c1-10(16)6-12-4-5-14(15(7-12)18-3)19-9-13-8-17-11(2)20-13/h4-5,7-8,10H,6,9,16H2,1-3H3. The quantitative estimate of drug-likeness (QED) is 0.889. The predicted octanol–water partition coefficient (Wildman–Crippen LogP) is 2.93. The first kappa shape index (κ1) is 14.8. The van der Waals surface area contributed by atoms with Crippen molar-refractivity contribution in [1.29, 1.82) is 0 Å². The number of ether oxygens (including phenoxy) is 2. The maximum atomic E-state index is 5.81. The SMILES string of the molecule is COc1cc(CC(C)N)ccc1OCc1cnc(C)s1. The molecule has 0 saturated carbocycles. The predicted molar refractivity (Wildman–Crippen MR) is 81.5 cm³/mol. The summed E-state index contributed by atoms with van der Waals surface area (Å²) in [5.41, 5.74) is 6.96. The van der Waals surface area contributed by atoms with E-state index in [0.29, 0.717) is 6.61 Å². The molecule has 1 heterocycles. The van der Waals surface area contributed by atoms with Crippen molar-refractivity contribution in [1.82, 2.24) is 4.98 Å². The van der Waals surface area contributed by atoms with Crippen molar-refractivity contribution in [2.75, 3.05) is 7.11 Å². The Labute approximate surface area is 123 Å². The van der Waals surface area contributed by atoms with Gasteiger partial charge in [-0.25, -0.2) is 4.98 Å². The zero-order valence-electron chi connectivity index (χ0n) is 12.1. The van der Waals surface area contributed by atoms with Crippen molar-refractivity contribution >= 4 is 11.3 Å². The van der Waals surface area contributed by atoms with E-state index in [4.69, 9.17) is 15.2 Å². The lowest BCUT2D eigenvalue weighted by Crippen LogP contribution is -2.17. The van der Waals surface area contributed by atoms with Gasteiger partial charge in [-0.05, 0) is 38.0 Å². The van der Waals surface area contributed by atoms with Crippen molar-refractivity contribution in [2.24, 2.45) is 5.73 Å². The third-order valence-corrected chi connectivity index (χ3v) is 3.71. The number of hydrogen-bond donors (Lipinski definition) is 1. The van der Waals surface area contributed by atoms with Crippen molar-refractivity contribution in [3.05, 3.63) is 39.8 Å². The molecule has 0 fully saturated rings. The minimum atomic E-state index is 0.131. The molecular weight excluding hydrogens is 272 g/mol. The Hall–Kier alpha value is -1.59. The highest BCUT2D eigenvalue weighted by molar-refractivity contribution is 7.11. The average molecular weight is 292 g/mol. The molecule has 0 aliphatic carbocycles. The van der Waals surface area contributed by atoms with E-state index in [1.165, 1.54) is 0 Å². The summed E-state index contributed by atoms with van der Waals surface area (Å²) in [6, 6.07) is 6.08. The number of benzene rings is 1. The summed E-state index contributed by atoms with van der Waals surface area (Å²) in [6.45, 7) is 4.48. The zero-order valence-corrected chi connectivity index (χ0v) is 12.9. The summed E-state index contributed by atoms with van der Waals surface area (Å²) in [5.74, 6) is 1.48. The van der Waals surface area contributed by atoms with Crippen LogP contribution in [0, 0.1) is 6.92 Å². The summed E-state index contributed by atoms with van der Waals surface area (Å²) in [6.07, 6.45) is 2.67. The van der Waals surface area contributed by atoms with Gasteiger partial charge in [0.15, 0.2) is 11.5 Å². The molecule has 0 saturated heterocycles. The van der Waals surface area contributed by atoms with Gasteiger partial charge in [-0.3, -0.25) is 0 Å². The zero-order chi connectivity index (χ0) is 14.5. The maximum Gasteiger partial charge on any atom is 0.161 e. The number of aromatic nitrogens is 1. The van der Waals surface area contributed by atoms with E-state index in [-0.39, 0.29) is 6.04 Å². The van der Waals surface area contributed by atoms with Gasteiger partial charge >= 0.3 is 0 Å². The van der Waals surface area contributed by atoms with Gasteiger partial charge in [-0.2, -0.15) is 0 Å². The maximum absolute atomic E-state index is 5.81. The van der Waals surface area contributed by atoms with Gasteiger partial charge < -0.3 is 15.2 Å². The second kappa shape index (κ2) is 6.72. The van der Waals surface area contributed by atoms with Crippen LogP contribution in [0.3, 0.4) is 0 Å². The van der Waals surface area contributed by atoms with Crippen LogP contribution in [0.1, 0.15) is 22.4 Å². The molecule has 2 rings (SSSR count). The van der Waals surface area contributed by atoms with Crippen molar-refractivity contribution in [3.63, 3.8) is 0 Å². The first-order valence-corrected chi connectivity index (χ1v) is 7.36. The molecule has 1 aromatic heterocycles. The van der Waals surface area contributed by atoms with E-state index < -0.39 is 0 Å². The van der Waals surface area contributed by atoms with Crippen LogP contribution in [0.15, 0.2) is 24.4 Å². The van der Waals surface area contributed by atoms with E-state index >= 15 is 0 Å². The highest BCUT2D eigenvalue weighted by atomic mass is 32.1. The topological polar surface area (TPSA) is 57.4 Å². The molecule has 1 unspecified atom stereocenters. The fourth-order valence-electron chi connectivity index (χ4n) is 1.95. The molecule has 0 aliphatic heterocycles. The Balaban J connectivity index is 2.07. The van der Waals surface area contributed by atoms with Crippen molar-refractivity contribution in [2.45, 2.75) is 32.9 Å². The van der Waals surface area contributed by atoms with Crippen LogP contribution in [-0.4, -0.2) is 18.1 Å². The number of methoxy groups -OCH3 is 1. The highest BCUT2D eigenvalue weighted by Gasteiger charge is 2.08. The van der Waals surface area contributed by atoms with Gasteiger partial charge in [-0.15, -0.1) is 11.3 Å². The van der Waals surface area contributed by atoms with Gasteiger partial charge in [-0.1, -0.05) is 6.07 Å². The molecule has 108 valence electrons. The second-order valence-electron chi connectivity index (χ2n) is 4.80. The Bertz CT molecular complexity index is 567. The van der Waals surface area contributed by atoms with Gasteiger partial charge in [0.2, 0.25) is 0 Å². The lowest BCUT2D eigenvalue weighted by molar-refractivity contribution is 0.287. The first-order valence-electron chi connectivity index (χ1n) is 6.55. The number of nitrogens with zero attached hydrogens (tertiary/aromatic N) is 1. The third-order valence-electron chi connectivity index (χ3n) is 2.82. The molecule has 0 bridgehead atoms. The number of thiazole rings is 1. The first-order chi connectivity index (χ1) is 9.58. The molecule has 1 aromatic carbocycles. The fraction of sp³-hybridized carbons (Fsp3) is 0.400. The Morgan fingerprint density at radius 2 is 2.15 bits per heavy atom. The monoisotopic (exact) mass is 292 g/mol. The van der Waals surface area contributed by atoms with Crippen LogP contribution in [0.5, 0.6) is 11.5 Å². The van der Waals surface area contributed by atoms with E-state index in [1.54, 1.807) is 18.4 Å². The minimum absolute atomic E-state index is 0.131. The summed E-state index contributed by atoms with van der Waals surface area (Å²) < 4.78 is 11.2. The smallest absolute Gasteiger partial charge is 0.161 e. The number of aryl methyl sites for hydroxylation is 1. The van der Waals surface area contributed by atoms with Crippen LogP contribution in [0.2, 0.25) is 0 Å². The highest BCUT2D eigenvalue weighted by Crippen LogP contribution is 2.29. The molecule has 0 radical (unpaired) electrons. The van der Waals surface area contributed by atoms with Crippen LogP contribution >= 0.6 is 11.3 Å². The minimum Gasteiger partial charge on any atom is -0.493 e. The van der Waals surface area contributed by atoms with Gasteiger partial charge in [0.25, 0.3) is 0 Å². The number of rotatable bonds is 6. The Morgan fingerprint density at radius 1 is 1.35 bits per heavy atom. The molecule has 2 N–H and O–H groups in total. The molecule has 0 aliphatic rings. The van der Waals surface area contributed by atoms with Gasteiger partial charge in [0.05, 0.1) is 17.0 Å². The van der Waals surface area contributed by atoms with E-state index in [1.807, 2.05) is 38.2 Å². The Kier molecular flexibility index (Phi) is 4.98. The fourth-order valence-corrected chi connectivity index (χ4v) is 2.66. The summed E-state index contributed by atoms with van der Waals surface area (Å²) in [7, 11) is 1.65. The number of hydrogen-bond acceptors (Lipinski definition) is 5. The van der Waals surface area contributed by atoms with Crippen LogP contribution in [0.4, 0.5) is 0 Å². The molecule has 5 heteroatoms. The average Bonchev–Trinajstić information content (AvgIpc) is 2.82. The van der Waals surface area contributed by atoms with Crippen molar-refractivity contribution in [3.8, 4) is 11.5 Å². The number of nitrogens with two attached hydrogens (primary N) is 1. The summed E-state index contributed by atoms with van der Waals surface area (Å²) in [5, 5.41) is 1.04. The lowest BCUT2D eigenvalue weighted by atomic mass is 10.1. The van der Waals surface area contributed by atoms with Crippen molar-refractivity contribution < 1.29 is 9.47 Å². The van der Waals surface area contributed by atoms with Gasteiger partial charge in [0.1, 0.15) is 6.61 Å². The van der Waals surface area contributed by atoms with E-state index in [0.717, 1.165) is 33.4 Å². The van der Waals surface area contributed by atoms with E-state index in [2.05, 4.69) is 4.98 Å². The largest absolute Gasteiger partial charge is 0.493 e. The molecule has 0 spiro atoms. The summed E-state index contributed by atoms with van der Waals surface area (Å²) >= 11 is 1.64. The summed E-state index contributed by atoms with van der Waals surface area (Å²) in [4.78, 5) is 5.31. The molecule has 2 aromatic rings. The molecule has 20 heavy (non-hydrogen) atoms. The molecular formula is C15H20N2O2S. The van der Waals surface area contributed by atoms with E-state index in [9.17, 15) is 0 Å². The second-order valence-corrected chi connectivity index (χ2v) is 6.12. The lowest BCUT2D eigenvalue weighted by Gasteiger charge is -2.12. The molecule has 0 amide bonds. The van der Waals surface area contributed by atoms with Crippen LogP contribution in [-0.2, 0) is 13.0 Å². The Morgan fingerprint density at radius 3 is 2.75 bits per heavy atom. The third kappa shape index (κ3) is 3.95. The van der Waals surface area contributed by atoms with Gasteiger partial charge in [0, 0.05) is 12.2 Å². The molecule has 4 nitrogen and oxygen atoms in total.